The maximum atomic E-state index is 12.8. The van der Waals surface area contributed by atoms with Gasteiger partial charge in [0.15, 0.2) is 9.84 Å². The molecule has 25 heavy (non-hydrogen) atoms. The third-order valence-electron chi connectivity index (χ3n) is 4.86. The minimum atomic E-state index is -3.04. The molecule has 1 aliphatic heterocycles. The Bertz CT molecular complexity index is 905. The summed E-state index contributed by atoms with van der Waals surface area (Å²) in [4.78, 5) is 17.0. The van der Waals surface area contributed by atoms with Gasteiger partial charge >= 0.3 is 0 Å². The van der Waals surface area contributed by atoms with Crippen LogP contribution in [0.15, 0.2) is 24.4 Å². The van der Waals surface area contributed by atoms with Gasteiger partial charge in [0.25, 0.3) is 5.91 Å². The SMILES string of the molecule is O=C(NCc1ccccn1)c1c2c(nn1[C@@H]1CCS(=O)(=O)C1)CCC2. The Morgan fingerprint density at radius 2 is 2.20 bits per heavy atom. The number of pyridine rings is 1. The molecule has 2 aromatic rings. The van der Waals surface area contributed by atoms with E-state index in [1.165, 1.54) is 0 Å². The van der Waals surface area contributed by atoms with Crippen LogP contribution in [-0.2, 0) is 29.2 Å². The largest absolute Gasteiger partial charge is 0.345 e. The van der Waals surface area contributed by atoms with Gasteiger partial charge in [0.1, 0.15) is 5.69 Å². The monoisotopic (exact) mass is 360 g/mol. The number of sulfone groups is 1. The van der Waals surface area contributed by atoms with E-state index in [0.29, 0.717) is 18.7 Å². The first kappa shape index (κ1) is 16.3. The summed E-state index contributed by atoms with van der Waals surface area (Å²) in [5.41, 5.74) is 3.22. The molecular weight excluding hydrogens is 340 g/mol. The van der Waals surface area contributed by atoms with Gasteiger partial charge in [-0.25, -0.2) is 8.42 Å². The smallest absolute Gasteiger partial charge is 0.270 e. The summed E-state index contributed by atoms with van der Waals surface area (Å²) in [6.07, 6.45) is 4.86. The molecule has 1 N–H and O–H groups in total. The van der Waals surface area contributed by atoms with Crippen molar-refractivity contribution in [3.05, 3.63) is 47.0 Å². The summed E-state index contributed by atoms with van der Waals surface area (Å²) in [5.74, 6) is 0.0243. The molecule has 4 rings (SSSR count). The molecule has 7 nitrogen and oxygen atoms in total. The molecule has 1 atom stereocenters. The fourth-order valence-electron chi connectivity index (χ4n) is 3.64. The van der Waals surface area contributed by atoms with Crippen LogP contribution >= 0.6 is 0 Å². The summed E-state index contributed by atoms with van der Waals surface area (Å²) >= 11 is 0. The van der Waals surface area contributed by atoms with Gasteiger partial charge in [-0.2, -0.15) is 5.10 Å². The number of carbonyl (C=O) groups is 1. The summed E-state index contributed by atoms with van der Waals surface area (Å²) in [6.45, 7) is 0.336. The lowest BCUT2D eigenvalue weighted by atomic mass is 10.1. The van der Waals surface area contributed by atoms with Crippen LogP contribution in [0.4, 0.5) is 0 Å². The average molecular weight is 360 g/mol. The second-order valence-electron chi connectivity index (χ2n) is 6.63. The van der Waals surface area contributed by atoms with Crippen LogP contribution in [0, 0.1) is 0 Å². The van der Waals surface area contributed by atoms with E-state index < -0.39 is 9.84 Å². The van der Waals surface area contributed by atoms with Crippen molar-refractivity contribution in [2.75, 3.05) is 11.5 Å². The molecule has 132 valence electrons. The van der Waals surface area contributed by atoms with Crippen molar-refractivity contribution in [1.29, 1.82) is 0 Å². The predicted octanol–water partition coefficient (Wildman–Crippen LogP) is 1.06. The Balaban J connectivity index is 1.60. The van der Waals surface area contributed by atoms with Crippen molar-refractivity contribution in [3.8, 4) is 0 Å². The number of hydrogen-bond donors (Lipinski definition) is 1. The van der Waals surface area contributed by atoms with E-state index >= 15 is 0 Å². The van der Waals surface area contributed by atoms with Gasteiger partial charge in [-0.15, -0.1) is 0 Å². The van der Waals surface area contributed by atoms with Crippen LogP contribution in [0.2, 0.25) is 0 Å². The van der Waals surface area contributed by atoms with Crippen molar-refractivity contribution >= 4 is 15.7 Å². The third kappa shape index (κ3) is 3.18. The van der Waals surface area contributed by atoms with E-state index in [0.717, 1.165) is 36.2 Å². The van der Waals surface area contributed by atoms with Crippen LogP contribution < -0.4 is 5.32 Å². The van der Waals surface area contributed by atoms with E-state index in [4.69, 9.17) is 0 Å². The number of nitrogens with one attached hydrogen (secondary N) is 1. The van der Waals surface area contributed by atoms with Crippen LogP contribution in [0.25, 0.3) is 0 Å². The highest BCUT2D eigenvalue weighted by molar-refractivity contribution is 7.91. The van der Waals surface area contributed by atoms with Crippen molar-refractivity contribution in [2.24, 2.45) is 0 Å². The van der Waals surface area contributed by atoms with E-state index in [9.17, 15) is 13.2 Å². The van der Waals surface area contributed by atoms with Crippen LogP contribution in [0.3, 0.4) is 0 Å². The first-order valence-corrected chi connectivity index (χ1v) is 10.3. The topological polar surface area (TPSA) is 93.9 Å². The van der Waals surface area contributed by atoms with Crippen molar-refractivity contribution < 1.29 is 13.2 Å². The second kappa shape index (κ2) is 6.25. The Morgan fingerprint density at radius 3 is 2.92 bits per heavy atom. The van der Waals surface area contributed by atoms with Crippen LogP contribution in [-0.4, -0.2) is 40.6 Å². The number of nitrogens with zero attached hydrogens (tertiary/aromatic N) is 3. The molecule has 0 bridgehead atoms. The molecule has 1 fully saturated rings. The standard InChI is InChI=1S/C17H20N4O3S/c22-17(19-10-12-4-1-2-8-18-12)16-14-5-3-6-15(14)20-21(16)13-7-9-25(23,24)11-13/h1-2,4,8,13H,3,5-7,9-11H2,(H,19,22)/t13-/m1/s1. The number of amides is 1. The van der Waals surface area contributed by atoms with Gasteiger partial charge < -0.3 is 5.32 Å². The average Bonchev–Trinajstić information content (AvgIpc) is 3.27. The number of rotatable bonds is 4. The fraction of sp³-hybridized carbons (Fsp3) is 0.471. The second-order valence-corrected chi connectivity index (χ2v) is 8.86. The zero-order chi connectivity index (χ0) is 17.4. The highest BCUT2D eigenvalue weighted by Gasteiger charge is 2.35. The Morgan fingerprint density at radius 1 is 1.32 bits per heavy atom. The molecule has 0 saturated carbocycles. The molecule has 0 unspecified atom stereocenters. The van der Waals surface area contributed by atoms with E-state index in [-0.39, 0.29) is 23.5 Å². The first-order valence-electron chi connectivity index (χ1n) is 8.52. The molecule has 0 spiro atoms. The van der Waals surface area contributed by atoms with Gasteiger partial charge in [0.05, 0.1) is 35.5 Å². The number of carbonyl (C=O) groups excluding carboxylic acids is 1. The lowest BCUT2D eigenvalue weighted by molar-refractivity contribution is 0.0936. The first-order chi connectivity index (χ1) is 12.0. The molecule has 3 heterocycles. The quantitative estimate of drug-likeness (QED) is 0.880. The number of aromatic nitrogens is 3. The molecular formula is C17H20N4O3S. The van der Waals surface area contributed by atoms with Gasteiger partial charge in [0.2, 0.25) is 0 Å². The molecule has 2 aliphatic rings. The number of hydrogen-bond acceptors (Lipinski definition) is 5. The highest BCUT2D eigenvalue weighted by Crippen LogP contribution is 2.31. The zero-order valence-electron chi connectivity index (χ0n) is 13.8. The Labute approximate surface area is 146 Å². The number of aryl methyl sites for hydroxylation is 1. The summed E-state index contributed by atoms with van der Waals surface area (Å²) in [7, 11) is -3.04. The van der Waals surface area contributed by atoms with Gasteiger partial charge in [-0.05, 0) is 37.8 Å². The Hall–Kier alpha value is -2.22. The molecule has 2 aromatic heterocycles. The third-order valence-corrected chi connectivity index (χ3v) is 6.61. The lowest BCUT2D eigenvalue weighted by Gasteiger charge is -2.14. The van der Waals surface area contributed by atoms with E-state index in [1.807, 2.05) is 18.2 Å². The highest BCUT2D eigenvalue weighted by atomic mass is 32.2. The minimum Gasteiger partial charge on any atom is -0.345 e. The molecule has 8 heteroatoms. The molecule has 0 aromatic carbocycles. The normalized spacial score (nSPS) is 21.2. The lowest BCUT2D eigenvalue weighted by Crippen LogP contribution is -2.29. The van der Waals surface area contributed by atoms with Gasteiger partial charge in [-0.3, -0.25) is 14.5 Å². The van der Waals surface area contributed by atoms with Gasteiger partial charge in [0, 0.05) is 11.8 Å². The minimum absolute atomic E-state index is 0.0636. The summed E-state index contributed by atoms with van der Waals surface area (Å²) < 4.78 is 25.3. The molecule has 1 aliphatic carbocycles. The van der Waals surface area contributed by atoms with E-state index in [2.05, 4.69) is 15.4 Å². The van der Waals surface area contributed by atoms with Crippen molar-refractivity contribution in [2.45, 2.75) is 38.3 Å². The van der Waals surface area contributed by atoms with Crippen molar-refractivity contribution in [3.63, 3.8) is 0 Å². The zero-order valence-corrected chi connectivity index (χ0v) is 14.6. The summed E-state index contributed by atoms with van der Waals surface area (Å²) in [5, 5.41) is 7.49. The maximum absolute atomic E-state index is 12.8. The van der Waals surface area contributed by atoms with E-state index in [1.54, 1.807) is 10.9 Å². The van der Waals surface area contributed by atoms with Crippen molar-refractivity contribution in [1.82, 2.24) is 20.1 Å². The van der Waals surface area contributed by atoms with Crippen LogP contribution in [0.1, 0.15) is 46.3 Å². The molecule has 0 radical (unpaired) electrons. The van der Waals surface area contributed by atoms with Crippen LogP contribution in [0.5, 0.6) is 0 Å². The predicted molar refractivity (Wildman–Crippen MR) is 92.0 cm³/mol. The maximum Gasteiger partial charge on any atom is 0.270 e. The summed E-state index contributed by atoms with van der Waals surface area (Å²) in [6, 6.07) is 5.31. The Kier molecular flexibility index (Phi) is 4.07. The molecule has 1 amide bonds. The van der Waals surface area contributed by atoms with Gasteiger partial charge in [-0.1, -0.05) is 6.07 Å². The number of fused-ring (bicyclic) bond motifs is 1. The molecule has 1 saturated heterocycles. The fourth-order valence-corrected chi connectivity index (χ4v) is 5.33.